The molecule has 0 aliphatic heterocycles. The van der Waals surface area contributed by atoms with Crippen molar-refractivity contribution in [2.75, 3.05) is 0 Å². The fraction of sp³-hybridized carbons (Fsp3) is 0.143. The van der Waals surface area contributed by atoms with E-state index in [1.54, 1.807) is 0 Å². The number of ether oxygens (including phenoxy) is 1. The van der Waals surface area contributed by atoms with Gasteiger partial charge in [0.25, 0.3) is 0 Å². The minimum absolute atomic E-state index is 0.527. The van der Waals surface area contributed by atoms with Crippen molar-refractivity contribution in [3.63, 3.8) is 0 Å². The number of halogens is 5. The van der Waals surface area contributed by atoms with E-state index >= 15 is 0 Å². The van der Waals surface area contributed by atoms with Crippen LogP contribution in [-0.4, -0.2) is 5.57 Å². The second-order valence-electron chi connectivity index (χ2n) is 2.15. The summed E-state index contributed by atoms with van der Waals surface area (Å²) in [7, 11) is 0. The lowest BCUT2D eigenvalue weighted by atomic mass is 10.3. The molecule has 0 heterocycles. The van der Waals surface area contributed by atoms with Gasteiger partial charge < -0.3 is 4.74 Å². The molecule has 0 aliphatic carbocycles. The summed E-state index contributed by atoms with van der Waals surface area (Å²) >= 11 is 4.37. The third-order valence-electron chi connectivity index (χ3n) is 1.07. The molecule has 0 unspecified atom stereocenters. The second-order valence-corrected chi connectivity index (χ2v) is 2.59. The normalized spacial score (nSPS) is 11.5. The van der Waals surface area contributed by atoms with Crippen molar-refractivity contribution in [2.45, 2.75) is 5.57 Å². The van der Waals surface area contributed by atoms with Crippen molar-refractivity contribution in [1.82, 2.24) is 0 Å². The SMILES string of the molecule is Fc1cc(F)cc(OC(F)(F)Cl)c1. The number of alkyl halides is 3. The molecule has 13 heavy (non-hydrogen) atoms. The largest absolute Gasteiger partial charge is 0.487 e. The molecule has 1 aromatic rings. The van der Waals surface area contributed by atoms with Crippen LogP contribution in [0.1, 0.15) is 0 Å². The molecule has 0 radical (unpaired) electrons. The average molecular weight is 215 g/mol. The summed E-state index contributed by atoms with van der Waals surface area (Å²) in [6.45, 7) is 0. The Labute approximate surface area is 75.9 Å². The predicted molar refractivity (Wildman–Crippen MR) is 37.8 cm³/mol. The first-order chi connectivity index (χ1) is 5.87. The van der Waals surface area contributed by atoms with E-state index in [0.717, 1.165) is 0 Å². The van der Waals surface area contributed by atoms with Gasteiger partial charge in [0.1, 0.15) is 17.4 Å². The highest BCUT2D eigenvalue weighted by atomic mass is 35.5. The second kappa shape index (κ2) is 3.41. The molecule has 0 spiro atoms. The number of benzene rings is 1. The third kappa shape index (κ3) is 3.50. The first kappa shape index (κ1) is 10.1. The van der Waals surface area contributed by atoms with Crippen LogP contribution in [0.4, 0.5) is 17.6 Å². The molecule has 0 saturated heterocycles. The van der Waals surface area contributed by atoms with Crippen LogP contribution < -0.4 is 4.74 Å². The van der Waals surface area contributed by atoms with E-state index in [9.17, 15) is 17.6 Å². The van der Waals surface area contributed by atoms with Crippen LogP contribution >= 0.6 is 11.6 Å². The standard InChI is InChI=1S/C7H3ClF4O/c8-7(11,12)13-6-2-4(9)1-5(10)3-6/h1-3H. The van der Waals surface area contributed by atoms with Gasteiger partial charge in [0.15, 0.2) is 0 Å². The van der Waals surface area contributed by atoms with Crippen LogP contribution in [0.2, 0.25) is 0 Å². The fourth-order valence-electron chi connectivity index (χ4n) is 0.721. The van der Waals surface area contributed by atoms with Crippen LogP contribution in [0.3, 0.4) is 0 Å². The number of hydrogen-bond donors (Lipinski definition) is 0. The molecular weight excluding hydrogens is 212 g/mol. The summed E-state index contributed by atoms with van der Waals surface area (Å²) < 4.78 is 52.4. The molecule has 0 fully saturated rings. The van der Waals surface area contributed by atoms with E-state index in [-0.39, 0.29) is 0 Å². The van der Waals surface area contributed by atoms with Gasteiger partial charge in [-0.05, 0) is 0 Å². The summed E-state index contributed by atoms with van der Waals surface area (Å²) in [6.07, 6.45) is 0. The predicted octanol–water partition coefficient (Wildman–Crippen LogP) is 3.13. The van der Waals surface area contributed by atoms with E-state index < -0.39 is 23.0 Å². The Morgan fingerprint density at radius 1 is 1.08 bits per heavy atom. The van der Waals surface area contributed by atoms with E-state index in [4.69, 9.17) is 0 Å². The molecule has 1 nitrogen and oxygen atoms in total. The topological polar surface area (TPSA) is 9.23 Å². The van der Waals surface area contributed by atoms with Crippen LogP contribution in [0.5, 0.6) is 5.75 Å². The average Bonchev–Trinajstić information content (AvgIpc) is 1.78. The molecule has 1 rings (SSSR count). The quantitative estimate of drug-likeness (QED) is 0.543. The highest BCUT2D eigenvalue weighted by Gasteiger charge is 2.27. The lowest BCUT2D eigenvalue weighted by molar-refractivity contribution is -0.0967. The molecule has 1 aromatic carbocycles. The van der Waals surface area contributed by atoms with Crippen LogP contribution in [0.25, 0.3) is 0 Å². The van der Waals surface area contributed by atoms with Crippen LogP contribution in [-0.2, 0) is 0 Å². The minimum atomic E-state index is -3.97. The van der Waals surface area contributed by atoms with Gasteiger partial charge in [0.05, 0.1) is 0 Å². The summed E-state index contributed by atoms with van der Waals surface area (Å²) in [6, 6.07) is 1.72. The van der Waals surface area contributed by atoms with Gasteiger partial charge >= 0.3 is 5.57 Å². The smallest absolute Gasteiger partial charge is 0.420 e. The Kier molecular flexibility index (Phi) is 2.66. The first-order valence-corrected chi connectivity index (χ1v) is 3.46. The molecule has 0 aliphatic rings. The summed E-state index contributed by atoms with van der Waals surface area (Å²) in [5, 5.41) is 0. The van der Waals surface area contributed by atoms with Crippen molar-refractivity contribution in [3.8, 4) is 5.75 Å². The fourth-order valence-corrected chi connectivity index (χ4v) is 0.810. The summed E-state index contributed by atoms with van der Waals surface area (Å²) in [5.74, 6) is -2.70. The third-order valence-corrected chi connectivity index (χ3v) is 1.15. The molecule has 0 amide bonds. The van der Waals surface area contributed by atoms with Crippen molar-refractivity contribution < 1.29 is 22.3 Å². The van der Waals surface area contributed by atoms with E-state index in [1.807, 2.05) is 0 Å². The summed E-state index contributed by atoms with van der Waals surface area (Å²) in [4.78, 5) is 0. The van der Waals surface area contributed by atoms with Gasteiger partial charge in [-0.15, -0.1) is 8.78 Å². The maximum absolute atomic E-state index is 12.4. The van der Waals surface area contributed by atoms with E-state index in [2.05, 4.69) is 16.3 Å². The monoisotopic (exact) mass is 214 g/mol. The number of hydrogen-bond acceptors (Lipinski definition) is 1. The Morgan fingerprint density at radius 2 is 1.54 bits per heavy atom. The van der Waals surface area contributed by atoms with Crippen molar-refractivity contribution >= 4 is 11.6 Å². The van der Waals surface area contributed by atoms with Gasteiger partial charge in [-0.3, -0.25) is 0 Å². The van der Waals surface area contributed by atoms with E-state index in [0.29, 0.717) is 18.2 Å². The van der Waals surface area contributed by atoms with Crippen molar-refractivity contribution in [1.29, 1.82) is 0 Å². The molecule has 0 N–H and O–H groups in total. The van der Waals surface area contributed by atoms with Gasteiger partial charge in [-0.1, -0.05) is 0 Å². The lowest BCUT2D eigenvalue weighted by Gasteiger charge is -2.09. The maximum atomic E-state index is 12.4. The molecule has 0 saturated carbocycles. The first-order valence-electron chi connectivity index (χ1n) is 3.09. The molecule has 0 atom stereocenters. The van der Waals surface area contributed by atoms with Gasteiger partial charge in [0, 0.05) is 29.8 Å². The van der Waals surface area contributed by atoms with Gasteiger partial charge in [0.2, 0.25) is 0 Å². The van der Waals surface area contributed by atoms with Crippen molar-refractivity contribution in [3.05, 3.63) is 29.8 Å². The Hall–Kier alpha value is -0.970. The van der Waals surface area contributed by atoms with Crippen LogP contribution in [0.15, 0.2) is 18.2 Å². The Bertz CT molecular complexity index is 290. The Morgan fingerprint density at radius 3 is 1.92 bits per heavy atom. The van der Waals surface area contributed by atoms with Gasteiger partial charge in [-0.25, -0.2) is 8.78 Å². The lowest BCUT2D eigenvalue weighted by Crippen LogP contribution is -2.15. The summed E-state index contributed by atoms with van der Waals surface area (Å²) in [5.41, 5.74) is -3.97. The van der Waals surface area contributed by atoms with Crippen LogP contribution in [0, 0.1) is 11.6 Å². The maximum Gasteiger partial charge on any atom is 0.487 e. The zero-order valence-electron chi connectivity index (χ0n) is 6.03. The zero-order chi connectivity index (χ0) is 10.1. The molecule has 0 bridgehead atoms. The highest BCUT2D eigenvalue weighted by molar-refractivity contribution is 6.20. The molecule has 6 heteroatoms. The van der Waals surface area contributed by atoms with Crippen molar-refractivity contribution in [2.24, 2.45) is 0 Å². The minimum Gasteiger partial charge on any atom is -0.420 e. The number of rotatable bonds is 2. The zero-order valence-corrected chi connectivity index (χ0v) is 6.79. The van der Waals surface area contributed by atoms with E-state index in [1.165, 1.54) is 0 Å². The highest BCUT2D eigenvalue weighted by Crippen LogP contribution is 2.25. The Balaban J connectivity index is 2.90. The molecule has 72 valence electrons. The molecular formula is C7H3ClF4O. The van der Waals surface area contributed by atoms with Gasteiger partial charge in [-0.2, -0.15) is 0 Å². The molecule has 0 aromatic heterocycles.